The lowest BCUT2D eigenvalue weighted by Crippen LogP contribution is -2.26. The molecule has 0 unspecified atom stereocenters. The summed E-state index contributed by atoms with van der Waals surface area (Å²) in [6.45, 7) is 0.809. The highest BCUT2D eigenvalue weighted by Crippen LogP contribution is 2.14. The Kier molecular flexibility index (Phi) is 5.43. The van der Waals surface area contributed by atoms with Gasteiger partial charge in [-0.1, -0.05) is 18.2 Å². The molecule has 1 amide bonds. The van der Waals surface area contributed by atoms with E-state index in [1.165, 1.54) is 0 Å². The molecule has 128 valence electrons. The summed E-state index contributed by atoms with van der Waals surface area (Å²) in [4.78, 5) is 11.9. The van der Waals surface area contributed by atoms with E-state index in [1.807, 2.05) is 47.3 Å². The maximum absolute atomic E-state index is 11.9. The number of carbonyl (C=O) groups excluding carboxylic acids is 1. The van der Waals surface area contributed by atoms with E-state index in [2.05, 4.69) is 21.8 Å². The molecule has 6 nitrogen and oxygen atoms in total. The highest BCUT2D eigenvalue weighted by molar-refractivity contribution is 5.95. The molecule has 3 rings (SSSR count). The van der Waals surface area contributed by atoms with Crippen molar-refractivity contribution in [3.05, 3.63) is 78.1 Å². The van der Waals surface area contributed by atoms with Gasteiger partial charge in [-0.3, -0.25) is 4.79 Å². The maximum atomic E-state index is 11.9. The molecule has 3 aromatic rings. The summed E-state index contributed by atoms with van der Waals surface area (Å²) in [5.74, 6) is -0.196. The molecule has 0 fully saturated rings. The van der Waals surface area contributed by atoms with Crippen LogP contribution in [0.15, 0.2) is 67.0 Å². The Bertz CT molecular complexity index is 831. The molecule has 0 aliphatic heterocycles. The van der Waals surface area contributed by atoms with Crippen LogP contribution in [0.1, 0.15) is 15.9 Å². The van der Waals surface area contributed by atoms with E-state index < -0.39 is 0 Å². The Hall–Kier alpha value is -3.12. The summed E-state index contributed by atoms with van der Waals surface area (Å²) >= 11 is 0. The van der Waals surface area contributed by atoms with E-state index in [0.29, 0.717) is 12.1 Å². The van der Waals surface area contributed by atoms with Crippen LogP contribution in [-0.2, 0) is 6.54 Å². The predicted molar refractivity (Wildman–Crippen MR) is 96.8 cm³/mol. The highest BCUT2D eigenvalue weighted by atomic mass is 16.3. The first kappa shape index (κ1) is 16.7. The minimum absolute atomic E-state index is 0.0731. The number of hydrogen-bond donors (Lipinski definition) is 3. The third-order valence-electron chi connectivity index (χ3n) is 3.70. The molecule has 0 saturated heterocycles. The van der Waals surface area contributed by atoms with Crippen molar-refractivity contribution in [2.24, 2.45) is 0 Å². The minimum Gasteiger partial charge on any atom is -0.395 e. The standard InChI is InChI=1S/C19H20N4O2/c24-11-9-20-19(25)16-5-2-6-17(13-16)21-14-15-4-1-7-18(12-15)23-10-3-8-22-23/h1-8,10,12-13,21,24H,9,11,14H2,(H,20,25). The molecule has 0 bridgehead atoms. The van der Waals surface area contributed by atoms with Gasteiger partial charge >= 0.3 is 0 Å². The number of nitrogens with one attached hydrogen (secondary N) is 2. The van der Waals surface area contributed by atoms with Gasteiger partial charge in [-0.2, -0.15) is 5.10 Å². The molecule has 1 heterocycles. The second-order valence-electron chi connectivity index (χ2n) is 5.53. The van der Waals surface area contributed by atoms with E-state index in [0.717, 1.165) is 16.9 Å². The smallest absolute Gasteiger partial charge is 0.251 e. The van der Waals surface area contributed by atoms with Gasteiger partial charge in [-0.15, -0.1) is 0 Å². The average molecular weight is 336 g/mol. The van der Waals surface area contributed by atoms with Crippen LogP contribution in [0.5, 0.6) is 0 Å². The zero-order valence-electron chi connectivity index (χ0n) is 13.7. The normalized spacial score (nSPS) is 10.4. The Morgan fingerprint density at radius 3 is 2.80 bits per heavy atom. The molecule has 0 aliphatic rings. The lowest BCUT2D eigenvalue weighted by atomic mass is 10.1. The van der Waals surface area contributed by atoms with Gasteiger partial charge in [-0.25, -0.2) is 4.68 Å². The number of aliphatic hydroxyl groups excluding tert-OH is 1. The first-order valence-corrected chi connectivity index (χ1v) is 8.08. The first-order chi connectivity index (χ1) is 12.3. The van der Waals surface area contributed by atoms with Gasteiger partial charge < -0.3 is 15.7 Å². The second kappa shape index (κ2) is 8.12. The van der Waals surface area contributed by atoms with Crippen molar-refractivity contribution in [2.75, 3.05) is 18.5 Å². The van der Waals surface area contributed by atoms with E-state index in [4.69, 9.17) is 5.11 Å². The third-order valence-corrected chi connectivity index (χ3v) is 3.70. The number of benzene rings is 2. The van der Waals surface area contributed by atoms with Gasteiger partial charge in [-0.05, 0) is 42.0 Å². The van der Waals surface area contributed by atoms with E-state index in [9.17, 15) is 4.79 Å². The molecular weight excluding hydrogens is 316 g/mol. The number of aliphatic hydroxyl groups is 1. The molecule has 0 saturated carbocycles. The molecule has 2 aromatic carbocycles. The fraction of sp³-hybridized carbons (Fsp3) is 0.158. The average Bonchev–Trinajstić information content (AvgIpc) is 3.20. The summed E-state index contributed by atoms with van der Waals surface area (Å²) in [5, 5.41) is 19.0. The third kappa shape index (κ3) is 4.45. The predicted octanol–water partition coefficient (Wildman–Crippen LogP) is 2.21. The van der Waals surface area contributed by atoms with Crippen LogP contribution in [0.2, 0.25) is 0 Å². The second-order valence-corrected chi connectivity index (χ2v) is 5.53. The summed E-state index contributed by atoms with van der Waals surface area (Å²) < 4.78 is 1.82. The van der Waals surface area contributed by atoms with Crippen molar-refractivity contribution in [1.29, 1.82) is 0 Å². The van der Waals surface area contributed by atoms with Crippen LogP contribution in [0.4, 0.5) is 5.69 Å². The van der Waals surface area contributed by atoms with E-state index in [-0.39, 0.29) is 19.1 Å². The molecule has 0 radical (unpaired) electrons. The molecule has 0 aliphatic carbocycles. The molecule has 3 N–H and O–H groups in total. The van der Waals surface area contributed by atoms with Crippen molar-refractivity contribution in [2.45, 2.75) is 6.54 Å². The fourth-order valence-electron chi connectivity index (χ4n) is 2.48. The van der Waals surface area contributed by atoms with Gasteiger partial charge in [0.15, 0.2) is 0 Å². The van der Waals surface area contributed by atoms with Crippen LogP contribution in [-0.4, -0.2) is 33.9 Å². The highest BCUT2D eigenvalue weighted by Gasteiger charge is 2.05. The molecule has 1 aromatic heterocycles. The number of aromatic nitrogens is 2. The minimum atomic E-state index is -0.196. The van der Waals surface area contributed by atoms with E-state index in [1.54, 1.807) is 18.3 Å². The zero-order valence-corrected chi connectivity index (χ0v) is 13.7. The molecular formula is C19H20N4O2. The maximum Gasteiger partial charge on any atom is 0.251 e. The van der Waals surface area contributed by atoms with Gasteiger partial charge in [0.2, 0.25) is 0 Å². The molecule has 6 heteroatoms. The van der Waals surface area contributed by atoms with Gasteiger partial charge in [0.25, 0.3) is 5.91 Å². The number of carbonyl (C=O) groups is 1. The summed E-state index contributed by atoms with van der Waals surface area (Å²) in [7, 11) is 0. The lowest BCUT2D eigenvalue weighted by molar-refractivity contribution is 0.0945. The van der Waals surface area contributed by atoms with Crippen molar-refractivity contribution < 1.29 is 9.90 Å². The van der Waals surface area contributed by atoms with Crippen LogP contribution in [0, 0.1) is 0 Å². The first-order valence-electron chi connectivity index (χ1n) is 8.08. The van der Waals surface area contributed by atoms with Gasteiger partial charge in [0.05, 0.1) is 12.3 Å². The topological polar surface area (TPSA) is 79.2 Å². The number of hydrogen-bond acceptors (Lipinski definition) is 4. The van der Waals surface area contributed by atoms with Crippen molar-refractivity contribution >= 4 is 11.6 Å². The molecule has 0 spiro atoms. The number of rotatable bonds is 7. The Morgan fingerprint density at radius 1 is 1.12 bits per heavy atom. The summed E-state index contributed by atoms with van der Waals surface area (Å²) in [5.41, 5.74) is 3.54. The zero-order chi connectivity index (χ0) is 17.5. The van der Waals surface area contributed by atoms with Crippen LogP contribution < -0.4 is 10.6 Å². The van der Waals surface area contributed by atoms with Gasteiger partial charge in [0, 0.05) is 36.7 Å². The Labute approximate surface area is 146 Å². The Balaban J connectivity index is 1.66. The molecule has 25 heavy (non-hydrogen) atoms. The quantitative estimate of drug-likeness (QED) is 0.618. The summed E-state index contributed by atoms with van der Waals surface area (Å²) in [6, 6.07) is 17.3. The van der Waals surface area contributed by atoms with Crippen LogP contribution in [0.25, 0.3) is 5.69 Å². The van der Waals surface area contributed by atoms with Crippen molar-refractivity contribution in [1.82, 2.24) is 15.1 Å². The largest absolute Gasteiger partial charge is 0.395 e. The monoisotopic (exact) mass is 336 g/mol. The van der Waals surface area contributed by atoms with Crippen LogP contribution >= 0.6 is 0 Å². The van der Waals surface area contributed by atoms with E-state index >= 15 is 0 Å². The Morgan fingerprint density at radius 2 is 2.00 bits per heavy atom. The SMILES string of the molecule is O=C(NCCO)c1cccc(NCc2cccc(-n3cccn3)c2)c1. The van der Waals surface area contributed by atoms with Crippen LogP contribution in [0.3, 0.4) is 0 Å². The lowest BCUT2D eigenvalue weighted by Gasteiger charge is -2.10. The number of anilines is 1. The number of nitrogens with zero attached hydrogens (tertiary/aromatic N) is 2. The number of amides is 1. The summed E-state index contributed by atoms with van der Waals surface area (Å²) in [6.07, 6.45) is 3.65. The van der Waals surface area contributed by atoms with Crippen molar-refractivity contribution in [3.8, 4) is 5.69 Å². The fourth-order valence-corrected chi connectivity index (χ4v) is 2.48. The molecule has 0 atom stereocenters. The van der Waals surface area contributed by atoms with Gasteiger partial charge in [0.1, 0.15) is 0 Å². The van der Waals surface area contributed by atoms with Crippen molar-refractivity contribution in [3.63, 3.8) is 0 Å².